The zero-order chi connectivity index (χ0) is 18.6. The van der Waals surface area contributed by atoms with E-state index in [2.05, 4.69) is 15.8 Å². The van der Waals surface area contributed by atoms with Crippen LogP contribution in [0.3, 0.4) is 0 Å². The molecule has 0 radical (unpaired) electrons. The van der Waals surface area contributed by atoms with Gasteiger partial charge in [-0.15, -0.1) is 0 Å². The van der Waals surface area contributed by atoms with Crippen LogP contribution in [0.25, 0.3) is 11.0 Å². The summed E-state index contributed by atoms with van der Waals surface area (Å²) in [6.07, 6.45) is 1.54. The maximum atomic E-state index is 12.3. The maximum absolute atomic E-state index is 12.3. The number of anilines is 2. The molecule has 2 heterocycles. The predicted octanol–water partition coefficient (Wildman–Crippen LogP) is 3.85. The third-order valence-corrected chi connectivity index (χ3v) is 3.95. The van der Waals surface area contributed by atoms with Crippen LogP contribution in [0, 0.1) is 0 Å². The summed E-state index contributed by atoms with van der Waals surface area (Å²) in [7, 11) is 0. The summed E-state index contributed by atoms with van der Waals surface area (Å²) in [5.41, 5.74) is 2.45. The smallest absolute Gasteiger partial charge is 0.291 e. The highest BCUT2D eigenvalue weighted by Gasteiger charge is 2.12. The largest absolute Gasteiger partial charge is 0.459 e. The lowest BCUT2D eigenvalue weighted by atomic mass is 10.1. The number of nitrogens with one attached hydrogen (secondary N) is 2. The van der Waals surface area contributed by atoms with E-state index in [1.54, 1.807) is 42.5 Å². The summed E-state index contributed by atoms with van der Waals surface area (Å²) in [5, 5.41) is 10.3. The molecule has 134 valence electrons. The van der Waals surface area contributed by atoms with Gasteiger partial charge < -0.3 is 19.6 Å². The average molecular weight is 361 g/mol. The first-order chi connectivity index (χ1) is 13.2. The lowest BCUT2D eigenvalue weighted by molar-refractivity contribution is -0.115. The van der Waals surface area contributed by atoms with Crippen molar-refractivity contribution in [2.75, 3.05) is 10.6 Å². The molecule has 0 saturated carbocycles. The van der Waals surface area contributed by atoms with Gasteiger partial charge in [0.25, 0.3) is 5.91 Å². The Labute approximate surface area is 154 Å². The highest BCUT2D eigenvalue weighted by atomic mass is 16.5. The normalized spacial score (nSPS) is 10.7. The van der Waals surface area contributed by atoms with E-state index in [9.17, 15) is 9.59 Å². The highest BCUT2D eigenvalue weighted by Crippen LogP contribution is 2.19. The minimum absolute atomic E-state index is 0.105. The fraction of sp³-hybridized carbons (Fsp3) is 0.0500. The fourth-order valence-corrected chi connectivity index (χ4v) is 2.66. The van der Waals surface area contributed by atoms with Crippen molar-refractivity contribution >= 4 is 34.2 Å². The van der Waals surface area contributed by atoms with Gasteiger partial charge in [-0.3, -0.25) is 9.59 Å². The Bertz CT molecular complexity index is 1080. The molecule has 0 atom stereocenters. The first-order valence-electron chi connectivity index (χ1n) is 8.27. The van der Waals surface area contributed by atoms with Crippen LogP contribution < -0.4 is 10.6 Å². The van der Waals surface area contributed by atoms with E-state index in [1.807, 2.05) is 18.2 Å². The van der Waals surface area contributed by atoms with Gasteiger partial charge in [-0.25, -0.2) is 0 Å². The van der Waals surface area contributed by atoms with E-state index in [4.69, 9.17) is 8.94 Å². The lowest BCUT2D eigenvalue weighted by Crippen LogP contribution is -2.15. The Morgan fingerprint density at radius 2 is 1.63 bits per heavy atom. The van der Waals surface area contributed by atoms with Crippen LogP contribution in [0.4, 0.5) is 11.4 Å². The van der Waals surface area contributed by atoms with Crippen molar-refractivity contribution in [1.82, 2.24) is 5.16 Å². The molecule has 7 heteroatoms. The van der Waals surface area contributed by atoms with Gasteiger partial charge in [-0.05, 0) is 48.5 Å². The number of amides is 2. The van der Waals surface area contributed by atoms with Crippen LogP contribution >= 0.6 is 0 Å². The van der Waals surface area contributed by atoms with E-state index in [0.717, 1.165) is 5.39 Å². The zero-order valence-electron chi connectivity index (χ0n) is 14.1. The average Bonchev–Trinajstić information content (AvgIpc) is 3.34. The number of rotatable bonds is 5. The second-order valence-electron chi connectivity index (χ2n) is 5.86. The Hall–Kier alpha value is -3.87. The van der Waals surface area contributed by atoms with Crippen molar-refractivity contribution in [2.45, 2.75) is 6.42 Å². The van der Waals surface area contributed by atoms with Gasteiger partial charge in [0.1, 0.15) is 5.69 Å². The van der Waals surface area contributed by atoms with Crippen molar-refractivity contribution in [3.05, 3.63) is 78.4 Å². The number of carbonyl (C=O) groups is 2. The Balaban J connectivity index is 1.38. The molecule has 2 N–H and O–H groups in total. The summed E-state index contributed by atoms with van der Waals surface area (Å²) in [6, 6.07) is 17.4. The Kier molecular flexibility index (Phi) is 4.40. The number of aromatic nitrogens is 1. The molecule has 2 amide bonds. The maximum Gasteiger partial charge on any atom is 0.291 e. The number of hydrogen-bond acceptors (Lipinski definition) is 5. The third kappa shape index (κ3) is 3.72. The molecule has 0 saturated heterocycles. The second kappa shape index (κ2) is 7.17. The van der Waals surface area contributed by atoms with Crippen molar-refractivity contribution in [3.8, 4) is 0 Å². The van der Waals surface area contributed by atoms with E-state index >= 15 is 0 Å². The minimum atomic E-state index is -0.338. The van der Waals surface area contributed by atoms with Crippen molar-refractivity contribution < 1.29 is 18.5 Å². The molecule has 2 aromatic carbocycles. The third-order valence-electron chi connectivity index (χ3n) is 3.95. The summed E-state index contributed by atoms with van der Waals surface area (Å²) in [4.78, 5) is 24.2. The number of hydrogen-bond donors (Lipinski definition) is 2. The van der Waals surface area contributed by atoms with Gasteiger partial charge in [0.15, 0.2) is 11.3 Å². The molecule has 0 aliphatic heterocycles. The molecule has 0 bridgehead atoms. The van der Waals surface area contributed by atoms with E-state index in [0.29, 0.717) is 22.7 Å². The molecule has 0 aliphatic rings. The predicted molar refractivity (Wildman–Crippen MR) is 99.4 cm³/mol. The second-order valence-corrected chi connectivity index (χ2v) is 5.86. The van der Waals surface area contributed by atoms with Crippen LogP contribution in [-0.2, 0) is 11.2 Å². The van der Waals surface area contributed by atoms with Crippen molar-refractivity contribution in [2.24, 2.45) is 0 Å². The van der Waals surface area contributed by atoms with Crippen LogP contribution in [0.1, 0.15) is 16.2 Å². The fourth-order valence-electron chi connectivity index (χ4n) is 2.66. The van der Waals surface area contributed by atoms with Crippen LogP contribution in [0.2, 0.25) is 0 Å². The van der Waals surface area contributed by atoms with E-state index in [1.165, 1.54) is 6.26 Å². The molecule has 0 spiro atoms. The van der Waals surface area contributed by atoms with Crippen LogP contribution in [-0.4, -0.2) is 17.0 Å². The molecule has 0 aliphatic carbocycles. The monoisotopic (exact) mass is 361 g/mol. The van der Waals surface area contributed by atoms with Gasteiger partial charge in [-0.1, -0.05) is 17.3 Å². The molecular weight excluding hydrogens is 346 g/mol. The quantitative estimate of drug-likeness (QED) is 0.563. The molecule has 0 fully saturated rings. The number of benzene rings is 2. The minimum Gasteiger partial charge on any atom is -0.459 e. The number of carbonyl (C=O) groups excluding carboxylic acids is 2. The highest BCUT2D eigenvalue weighted by molar-refractivity contribution is 6.02. The van der Waals surface area contributed by atoms with Gasteiger partial charge in [0.2, 0.25) is 5.91 Å². The Morgan fingerprint density at radius 1 is 0.889 bits per heavy atom. The van der Waals surface area contributed by atoms with Crippen LogP contribution in [0.5, 0.6) is 0 Å². The molecule has 4 aromatic rings. The number of para-hydroxylation sites is 1. The molecular formula is C20H15N3O4. The molecule has 4 rings (SSSR count). The molecule has 2 aromatic heterocycles. The van der Waals surface area contributed by atoms with Crippen molar-refractivity contribution in [3.63, 3.8) is 0 Å². The van der Waals surface area contributed by atoms with E-state index < -0.39 is 0 Å². The number of fused-ring (bicyclic) bond motifs is 1. The zero-order valence-corrected chi connectivity index (χ0v) is 14.1. The molecule has 7 nitrogen and oxygen atoms in total. The van der Waals surface area contributed by atoms with Gasteiger partial charge in [-0.2, -0.15) is 0 Å². The molecule has 27 heavy (non-hydrogen) atoms. The Morgan fingerprint density at radius 3 is 2.37 bits per heavy atom. The number of nitrogens with zero attached hydrogens (tertiary/aromatic N) is 1. The summed E-state index contributed by atoms with van der Waals surface area (Å²) < 4.78 is 10.2. The lowest BCUT2D eigenvalue weighted by Gasteiger charge is -2.07. The van der Waals surface area contributed by atoms with E-state index in [-0.39, 0.29) is 24.0 Å². The first kappa shape index (κ1) is 16.6. The summed E-state index contributed by atoms with van der Waals surface area (Å²) in [6.45, 7) is 0. The topological polar surface area (TPSA) is 97.4 Å². The standard InChI is InChI=1S/C20H15N3O4/c24-19(12-16-15-4-1-2-5-17(15)27-23-16)21-13-7-9-14(10-8-13)22-20(25)18-6-3-11-26-18/h1-11H,12H2,(H,21,24)(H,22,25). The van der Waals surface area contributed by atoms with Crippen LogP contribution in [0.15, 0.2) is 75.9 Å². The number of furan rings is 1. The SMILES string of the molecule is O=C(Cc1noc2ccccc12)Nc1ccc(NC(=O)c2ccco2)cc1. The van der Waals surface area contributed by atoms with Gasteiger partial charge in [0.05, 0.1) is 12.7 Å². The van der Waals surface area contributed by atoms with Gasteiger partial charge in [0, 0.05) is 16.8 Å². The summed E-state index contributed by atoms with van der Waals surface area (Å²) in [5.74, 6) is -0.316. The van der Waals surface area contributed by atoms with Gasteiger partial charge >= 0.3 is 0 Å². The van der Waals surface area contributed by atoms with Crippen molar-refractivity contribution in [1.29, 1.82) is 0 Å². The first-order valence-corrected chi connectivity index (χ1v) is 8.27. The molecule has 0 unspecified atom stereocenters. The summed E-state index contributed by atoms with van der Waals surface area (Å²) >= 11 is 0.